The molecule has 0 unspecified atom stereocenters. The van der Waals surface area contributed by atoms with Gasteiger partial charge in [-0.15, -0.1) is 0 Å². The molecule has 3 rings (SSSR count). The Kier molecular flexibility index (Phi) is 2.57. The Hall–Kier alpha value is -1.85. The lowest BCUT2D eigenvalue weighted by molar-refractivity contribution is -0.164. The molecule has 0 bridgehead atoms. The third-order valence-electron chi connectivity index (χ3n) is 3.27. The van der Waals surface area contributed by atoms with E-state index in [1.165, 1.54) is 6.26 Å². The molecule has 0 radical (unpaired) electrons. The van der Waals surface area contributed by atoms with Crippen LogP contribution in [0.5, 0.6) is 0 Å². The average Bonchev–Trinajstić information content (AvgIpc) is 2.72. The van der Waals surface area contributed by atoms with Gasteiger partial charge in [0.2, 0.25) is 5.91 Å². The monoisotopic (exact) mass is 247 g/mol. The largest absolute Gasteiger partial charge is 0.462 e. The van der Waals surface area contributed by atoms with Gasteiger partial charge in [-0.05, 0) is 12.1 Å². The van der Waals surface area contributed by atoms with Gasteiger partial charge in [-0.25, -0.2) is 0 Å². The van der Waals surface area contributed by atoms with Gasteiger partial charge in [0.05, 0.1) is 25.5 Å². The fraction of sp³-hybridized carbons (Fsp3) is 0.308. The molecule has 5 heteroatoms. The van der Waals surface area contributed by atoms with Crippen molar-refractivity contribution in [2.24, 2.45) is 5.41 Å². The number of carbonyl (C=O) groups is 1. The molecule has 0 saturated carbocycles. The maximum Gasteiger partial charge on any atom is 0.237 e. The summed E-state index contributed by atoms with van der Waals surface area (Å²) >= 11 is 0. The van der Waals surface area contributed by atoms with E-state index in [9.17, 15) is 9.90 Å². The van der Waals surface area contributed by atoms with E-state index in [0.29, 0.717) is 5.69 Å². The number of nitrogens with one attached hydrogen (secondary N) is 1. The number of benzene rings is 1. The molecule has 1 aliphatic heterocycles. The molecule has 1 aliphatic rings. The SMILES string of the molecule is O=C(Nc1coc2ccccc12)C1(CO)COC1. The summed E-state index contributed by atoms with van der Waals surface area (Å²) in [6, 6.07) is 7.45. The first-order chi connectivity index (χ1) is 8.75. The lowest BCUT2D eigenvalue weighted by Crippen LogP contribution is -2.54. The molecule has 2 heterocycles. The molecule has 18 heavy (non-hydrogen) atoms. The van der Waals surface area contributed by atoms with Crippen LogP contribution in [0.2, 0.25) is 0 Å². The van der Waals surface area contributed by atoms with Crippen molar-refractivity contribution in [1.82, 2.24) is 0 Å². The van der Waals surface area contributed by atoms with E-state index in [4.69, 9.17) is 9.15 Å². The summed E-state index contributed by atoms with van der Waals surface area (Å²) in [5, 5.41) is 12.9. The van der Waals surface area contributed by atoms with Gasteiger partial charge in [0.15, 0.2) is 0 Å². The molecule has 1 aromatic heterocycles. The van der Waals surface area contributed by atoms with E-state index >= 15 is 0 Å². The van der Waals surface area contributed by atoms with Crippen molar-refractivity contribution in [2.75, 3.05) is 25.1 Å². The van der Waals surface area contributed by atoms with E-state index < -0.39 is 5.41 Å². The van der Waals surface area contributed by atoms with Crippen molar-refractivity contribution in [1.29, 1.82) is 0 Å². The summed E-state index contributed by atoms with van der Waals surface area (Å²) in [7, 11) is 0. The van der Waals surface area contributed by atoms with Crippen LogP contribution in [0, 0.1) is 5.41 Å². The highest BCUT2D eigenvalue weighted by atomic mass is 16.5. The fourth-order valence-electron chi connectivity index (χ4n) is 1.97. The lowest BCUT2D eigenvalue weighted by Gasteiger charge is -2.37. The number of hydrogen-bond donors (Lipinski definition) is 2. The van der Waals surface area contributed by atoms with Crippen LogP contribution in [-0.4, -0.2) is 30.8 Å². The van der Waals surface area contributed by atoms with Crippen molar-refractivity contribution in [3.63, 3.8) is 0 Å². The number of hydrogen-bond acceptors (Lipinski definition) is 4. The maximum atomic E-state index is 12.1. The summed E-state index contributed by atoms with van der Waals surface area (Å²) < 4.78 is 10.4. The molecule has 1 aromatic carbocycles. The van der Waals surface area contributed by atoms with Gasteiger partial charge in [0, 0.05) is 5.39 Å². The standard InChI is InChI=1S/C13H13NO4/c15-6-13(7-17-8-13)12(16)14-10-5-18-11-4-2-1-3-9(10)11/h1-5,15H,6-8H2,(H,14,16). The molecule has 2 aromatic rings. The van der Waals surface area contributed by atoms with Crippen LogP contribution in [0.25, 0.3) is 11.0 Å². The molecule has 0 spiro atoms. The number of ether oxygens (including phenoxy) is 1. The number of amides is 1. The highest BCUT2D eigenvalue weighted by molar-refractivity contribution is 6.03. The first-order valence-corrected chi connectivity index (χ1v) is 5.71. The van der Waals surface area contributed by atoms with Gasteiger partial charge in [-0.3, -0.25) is 4.79 Å². The number of fused-ring (bicyclic) bond motifs is 1. The smallest absolute Gasteiger partial charge is 0.237 e. The van der Waals surface area contributed by atoms with Crippen molar-refractivity contribution in [3.8, 4) is 0 Å². The normalized spacial score (nSPS) is 17.4. The molecule has 2 N–H and O–H groups in total. The fourth-order valence-corrected chi connectivity index (χ4v) is 1.97. The minimum Gasteiger partial charge on any atom is -0.462 e. The van der Waals surface area contributed by atoms with Crippen LogP contribution in [0.15, 0.2) is 34.9 Å². The Morgan fingerprint density at radius 3 is 2.83 bits per heavy atom. The Balaban J connectivity index is 1.86. The minimum atomic E-state index is -0.807. The van der Waals surface area contributed by atoms with Crippen LogP contribution in [0.4, 0.5) is 5.69 Å². The predicted octanol–water partition coefficient (Wildman–Crippen LogP) is 1.38. The molecular weight excluding hydrogens is 234 g/mol. The van der Waals surface area contributed by atoms with Gasteiger partial charge in [-0.2, -0.15) is 0 Å². The van der Waals surface area contributed by atoms with Crippen LogP contribution >= 0.6 is 0 Å². The molecule has 0 aliphatic carbocycles. The van der Waals surface area contributed by atoms with Crippen molar-refractivity contribution < 1.29 is 19.1 Å². The van der Waals surface area contributed by atoms with E-state index in [0.717, 1.165) is 11.0 Å². The van der Waals surface area contributed by atoms with Crippen molar-refractivity contribution >= 4 is 22.6 Å². The van der Waals surface area contributed by atoms with Gasteiger partial charge >= 0.3 is 0 Å². The van der Waals surface area contributed by atoms with Crippen molar-refractivity contribution in [2.45, 2.75) is 0 Å². The highest BCUT2D eigenvalue weighted by Crippen LogP contribution is 2.31. The second-order valence-corrected chi connectivity index (χ2v) is 4.53. The van der Waals surface area contributed by atoms with Crippen molar-refractivity contribution in [3.05, 3.63) is 30.5 Å². The zero-order valence-electron chi connectivity index (χ0n) is 9.68. The molecule has 94 valence electrons. The van der Waals surface area contributed by atoms with E-state index in [1.54, 1.807) is 0 Å². The van der Waals surface area contributed by atoms with Crippen LogP contribution in [0.1, 0.15) is 0 Å². The van der Waals surface area contributed by atoms with E-state index in [-0.39, 0.29) is 25.7 Å². The summed E-state index contributed by atoms with van der Waals surface area (Å²) in [6.45, 7) is 0.296. The Morgan fingerprint density at radius 2 is 2.17 bits per heavy atom. The number of carbonyl (C=O) groups excluding carboxylic acids is 1. The highest BCUT2D eigenvalue weighted by Gasteiger charge is 2.45. The Bertz CT molecular complexity index is 580. The summed E-state index contributed by atoms with van der Waals surface area (Å²) in [4.78, 5) is 12.1. The second kappa shape index (κ2) is 4.12. The predicted molar refractivity (Wildman–Crippen MR) is 65.2 cm³/mol. The molecule has 1 saturated heterocycles. The van der Waals surface area contributed by atoms with Gasteiger partial charge in [-0.1, -0.05) is 12.1 Å². The van der Waals surface area contributed by atoms with E-state index in [1.807, 2.05) is 24.3 Å². The number of anilines is 1. The Labute approximate surface area is 103 Å². The third kappa shape index (κ3) is 1.60. The number of furan rings is 1. The van der Waals surface area contributed by atoms with Gasteiger partial charge < -0.3 is 19.6 Å². The zero-order valence-corrected chi connectivity index (χ0v) is 9.68. The number of rotatable bonds is 3. The topological polar surface area (TPSA) is 71.7 Å². The molecule has 0 atom stereocenters. The third-order valence-corrected chi connectivity index (χ3v) is 3.27. The quantitative estimate of drug-likeness (QED) is 0.859. The second-order valence-electron chi connectivity index (χ2n) is 4.53. The summed E-state index contributed by atoms with van der Waals surface area (Å²) in [6.07, 6.45) is 1.51. The summed E-state index contributed by atoms with van der Waals surface area (Å²) in [5.74, 6) is -0.234. The zero-order chi connectivity index (χ0) is 12.6. The number of para-hydroxylation sites is 1. The maximum absolute atomic E-state index is 12.1. The van der Waals surface area contributed by atoms with E-state index in [2.05, 4.69) is 5.32 Å². The van der Waals surface area contributed by atoms with Crippen LogP contribution in [-0.2, 0) is 9.53 Å². The molecular formula is C13H13NO4. The summed E-state index contributed by atoms with van der Waals surface area (Å²) in [5.41, 5.74) is 0.532. The van der Waals surface area contributed by atoms with Gasteiger partial charge in [0.25, 0.3) is 0 Å². The molecule has 5 nitrogen and oxygen atoms in total. The van der Waals surface area contributed by atoms with Gasteiger partial charge in [0.1, 0.15) is 17.3 Å². The minimum absolute atomic E-state index is 0.214. The number of aliphatic hydroxyl groups is 1. The lowest BCUT2D eigenvalue weighted by atomic mass is 9.86. The molecule has 1 amide bonds. The van der Waals surface area contributed by atoms with Crippen LogP contribution < -0.4 is 5.32 Å². The first kappa shape index (κ1) is 11.3. The first-order valence-electron chi connectivity index (χ1n) is 5.71. The average molecular weight is 247 g/mol. The number of aliphatic hydroxyl groups excluding tert-OH is 1. The Morgan fingerprint density at radius 1 is 1.39 bits per heavy atom. The molecule has 1 fully saturated rings. The van der Waals surface area contributed by atoms with Crippen LogP contribution in [0.3, 0.4) is 0 Å².